The SMILES string of the molecule is CC1(C)C[C@H](NC(=O)NCc2ccccn2)C[C@@](C)(CNC(=O)NCc2ccccn2)C1. The number of pyridine rings is 2. The van der Waals surface area contributed by atoms with Crippen LogP contribution in [0.1, 0.15) is 51.4 Å². The molecule has 32 heavy (non-hydrogen) atoms. The van der Waals surface area contributed by atoms with Gasteiger partial charge in [-0.05, 0) is 54.4 Å². The van der Waals surface area contributed by atoms with Crippen LogP contribution in [0.5, 0.6) is 0 Å². The summed E-state index contributed by atoms with van der Waals surface area (Å²) in [5.74, 6) is 0. The van der Waals surface area contributed by atoms with Crippen LogP contribution in [-0.2, 0) is 13.1 Å². The van der Waals surface area contributed by atoms with Crippen molar-refractivity contribution in [3.63, 3.8) is 0 Å². The van der Waals surface area contributed by atoms with E-state index in [0.717, 1.165) is 30.7 Å². The zero-order chi connectivity index (χ0) is 23.0. The maximum Gasteiger partial charge on any atom is 0.315 e. The van der Waals surface area contributed by atoms with E-state index in [0.29, 0.717) is 19.6 Å². The predicted octanol–water partition coefficient (Wildman–Crippen LogP) is 3.36. The molecule has 0 saturated heterocycles. The summed E-state index contributed by atoms with van der Waals surface area (Å²) in [7, 11) is 0. The van der Waals surface area contributed by atoms with Gasteiger partial charge in [0.25, 0.3) is 0 Å². The molecule has 172 valence electrons. The molecule has 2 aromatic heterocycles. The lowest BCUT2D eigenvalue weighted by molar-refractivity contribution is 0.0749. The molecule has 3 rings (SSSR count). The highest BCUT2D eigenvalue weighted by Gasteiger charge is 2.41. The summed E-state index contributed by atoms with van der Waals surface area (Å²) >= 11 is 0. The van der Waals surface area contributed by atoms with Gasteiger partial charge in [-0.2, -0.15) is 0 Å². The molecule has 0 bridgehead atoms. The van der Waals surface area contributed by atoms with E-state index < -0.39 is 0 Å². The van der Waals surface area contributed by atoms with Crippen molar-refractivity contribution in [2.45, 2.75) is 59.2 Å². The molecular formula is C24H34N6O2. The largest absolute Gasteiger partial charge is 0.338 e. The minimum absolute atomic E-state index is 0.0332. The number of nitrogens with one attached hydrogen (secondary N) is 4. The van der Waals surface area contributed by atoms with Crippen LogP contribution in [0.3, 0.4) is 0 Å². The van der Waals surface area contributed by atoms with Crippen LogP contribution < -0.4 is 21.3 Å². The smallest absolute Gasteiger partial charge is 0.315 e. The van der Waals surface area contributed by atoms with Crippen LogP contribution in [-0.4, -0.2) is 34.6 Å². The number of amides is 4. The van der Waals surface area contributed by atoms with E-state index in [1.807, 2.05) is 36.4 Å². The average Bonchev–Trinajstić information content (AvgIpc) is 2.75. The van der Waals surface area contributed by atoms with Crippen LogP contribution in [0.25, 0.3) is 0 Å². The minimum atomic E-state index is -0.210. The highest BCUT2D eigenvalue weighted by atomic mass is 16.2. The highest BCUT2D eigenvalue weighted by molar-refractivity contribution is 5.74. The molecule has 0 aromatic carbocycles. The lowest BCUT2D eigenvalue weighted by Crippen LogP contribution is -2.52. The summed E-state index contributed by atoms with van der Waals surface area (Å²) in [4.78, 5) is 33.2. The van der Waals surface area contributed by atoms with E-state index in [2.05, 4.69) is 52.0 Å². The van der Waals surface area contributed by atoms with E-state index >= 15 is 0 Å². The van der Waals surface area contributed by atoms with Gasteiger partial charge >= 0.3 is 12.1 Å². The van der Waals surface area contributed by atoms with Crippen molar-refractivity contribution in [2.24, 2.45) is 10.8 Å². The number of urea groups is 2. The summed E-state index contributed by atoms with van der Waals surface area (Å²) in [6.45, 7) is 7.91. The maximum absolute atomic E-state index is 12.5. The number of hydrogen-bond donors (Lipinski definition) is 4. The van der Waals surface area contributed by atoms with Gasteiger partial charge in [-0.1, -0.05) is 32.9 Å². The summed E-state index contributed by atoms with van der Waals surface area (Å²) in [6.07, 6.45) is 6.08. The monoisotopic (exact) mass is 438 g/mol. The third-order valence-electron chi connectivity index (χ3n) is 5.77. The molecule has 0 aliphatic heterocycles. The number of rotatable bonds is 7. The summed E-state index contributed by atoms with van der Waals surface area (Å²) in [5.41, 5.74) is 1.56. The van der Waals surface area contributed by atoms with Crippen LogP contribution in [0, 0.1) is 10.8 Å². The molecule has 1 saturated carbocycles. The first-order valence-electron chi connectivity index (χ1n) is 11.1. The Labute approximate surface area is 190 Å². The molecule has 1 aliphatic carbocycles. The van der Waals surface area contributed by atoms with Crippen molar-refractivity contribution in [3.05, 3.63) is 60.2 Å². The van der Waals surface area contributed by atoms with Crippen molar-refractivity contribution in [3.8, 4) is 0 Å². The van der Waals surface area contributed by atoms with Crippen LogP contribution >= 0.6 is 0 Å². The maximum atomic E-state index is 12.5. The van der Waals surface area contributed by atoms with Gasteiger partial charge in [0, 0.05) is 25.0 Å². The molecule has 0 radical (unpaired) electrons. The zero-order valence-electron chi connectivity index (χ0n) is 19.1. The van der Waals surface area contributed by atoms with E-state index in [4.69, 9.17) is 0 Å². The highest BCUT2D eigenvalue weighted by Crippen LogP contribution is 2.45. The molecule has 1 aliphatic rings. The fourth-order valence-corrected chi connectivity index (χ4v) is 4.81. The molecule has 2 atom stereocenters. The Morgan fingerprint density at radius 2 is 1.47 bits per heavy atom. The number of aromatic nitrogens is 2. The molecule has 0 spiro atoms. The Morgan fingerprint density at radius 3 is 2.03 bits per heavy atom. The second-order valence-electron chi connectivity index (χ2n) is 9.76. The lowest BCUT2D eigenvalue weighted by atomic mass is 9.62. The third-order valence-corrected chi connectivity index (χ3v) is 5.77. The lowest BCUT2D eigenvalue weighted by Gasteiger charge is -2.46. The molecular weight excluding hydrogens is 404 g/mol. The van der Waals surface area contributed by atoms with E-state index in [9.17, 15) is 9.59 Å². The van der Waals surface area contributed by atoms with E-state index in [-0.39, 0.29) is 28.9 Å². The third kappa shape index (κ3) is 7.51. The fourth-order valence-electron chi connectivity index (χ4n) is 4.81. The van der Waals surface area contributed by atoms with Gasteiger partial charge in [-0.15, -0.1) is 0 Å². The minimum Gasteiger partial charge on any atom is -0.338 e. The van der Waals surface area contributed by atoms with E-state index in [1.165, 1.54) is 0 Å². The van der Waals surface area contributed by atoms with Crippen molar-refractivity contribution in [1.82, 2.24) is 31.2 Å². The number of carbonyl (C=O) groups is 2. The van der Waals surface area contributed by atoms with Gasteiger partial charge in [0.05, 0.1) is 24.5 Å². The second-order valence-corrected chi connectivity index (χ2v) is 9.76. The Kier molecular flexibility index (Phi) is 7.66. The molecule has 8 nitrogen and oxygen atoms in total. The quantitative estimate of drug-likeness (QED) is 0.532. The first kappa shape index (κ1) is 23.5. The molecule has 4 amide bonds. The van der Waals surface area contributed by atoms with Gasteiger partial charge < -0.3 is 21.3 Å². The van der Waals surface area contributed by atoms with Gasteiger partial charge in [0.15, 0.2) is 0 Å². The Morgan fingerprint density at radius 1 is 0.875 bits per heavy atom. The average molecular weight is 439 g/mol. The second kappa shape index (κ2) is 10.4. The van der Waals surface area contributed by atoms with Crippen molar-refractivity contribution < 1.29 is 9.59 Å². The summed E-state index contributed by atoms with van der Waals surface area (Å²) in [5, 5.41) is 11.9. The fraction of sp³-hybridized carbons (Fsp3) is 0.500. The molecule has 8 heteroatoms. The van der Waals surface area contributed by atoms with Gasteiger partial charge in [-0.3, -0.25) is 9.97 Å². The topological polar surface area (TPSA) is 108 Å². The predicted molar refractivity (Wildman–Crippen MR) is 124 cm³/mol. The van der Waals surface area contributed by atoms with Gasteiger partial charge in [0.1, 0.15) is 0 Å². The van der Waals surface area contributed by atoms with Crippen LogP contribution in [0.4, 0.5) is 9.59 Å². The van der Waals surface area contributed by atoms with E-state index in [1.54, 1.807) is 12.4 Å². The van der Waals surface area contributed by atoms with Crippen molar-refractivity contribution in [2.75, 3.05) is 6.54 Å². The van der Waals surface area contributed by atoms with Gasteiger partial charge in [0.2, 0.25) is 0 Å². The first-order valence-corrected chi connectivity index (χ1v) is 11.1. The number of hydrogen-bond acceptors (Lipinski definition) is 4. The number of carbonyl (C=O) groups excluding carboxylic acids is 2. The van der Waals surface area contributed by atoms with Crippen molar-refractivity contribution in [1.29, 1.82) is 0 Å². The molecule has 0 unspecified atom stereocenters. The Balaban J connectivity index is 1.48. The van der Waals surface area contributed by atoms with Gasteiger partial charge in [-0.25, -0.2) is 9.59 Å². The Hall–Kier alpha value is -3.16. The number of nitrogens with zero attached hydrogens (tertiary/aromatic N) is 2. The van der Waals surface area contributed by atoms with Crippen LogP contribution in [0.15, 0.2) is 48.8 Å². The normalized spacial score (nSPS) is 21.9. The molecule has 2 aromatic rings. The standard InChI is InChI=1S/C24H34N6O2/c1-23(2)12-20(30-22(32)28-15-19-9-5-7-11-26-19)13-24(3,16-23)17-29-21(31)27-14-18-8-4-6-10-25-18/h4-11,20H,12-17H2,1-3H3,(H2,27,29,31)(H2,28,30,32)/t20-,24+/m0/s1. The van der Waals surface area contributed by atoms with Crippen LogP contribution in [0.2, 0.25) is 0 Å². The van der Waals surface area contributed by atoms with Crippen molar-refractivity contribution >= 4 is 12.1 Å². The Bertz CT molecular complexity index is 890. The molecule has 1 fully saturated rings. The summed E-state index contributed by atoms with van der Waals surface area (Å²) < 4.78 is 0. The zero-order valence-corrected chi connectivity index (χ0v) is 19.1. The molecule has 4 N–H and O–H groups in total. The first-order chi connectivity index (χ1) is 15.2. The molecule has 2 heterocycles. The summed E-state index contributed by atoms with van der Waals surface area (Å²) in [6, 6.07) is 10.9.